The van der Waals surface area contributed by atoms with E-state index < -0.39 is 0 Å². The van der Waals surface area contributed by atoms with Crippen molar-refractivity contribution in [1.29, 1.82) is 0 Å². The van der Waals surface area contributed by atoms with E-state index in [4.69, 9.17) is 12.8 Å². The van der Waals surface area contributed by atoms with Crippen LogP contribution >= 0.6 is 0 Å². The normalized spacial score (nSPS) is 28.9. The van der Waals surface area contributed by atoms with Crippen LogP contribution in [0.5, 0.6) is 0 Å². The molecule has 0 saturated carbocycles. The Morgan fingerprint density at radius 3 is 2.67 bits per heavy atom. The van der Waals surface area contributed by atoms with Crippen LogP contribution in [0.25, 0.3) is 0 Å². The maximum absolute atomic E-state index is 10.7. The predicted molar refractivity (Wildman–Crippen MR) is 37.8 cm³/mol. The van der Waals surface area contributed by atoms with Crippen molar-refractivity contribution in [3.05, 3.63) is 0 Å². The van der Waals surface area contributed by atoms with Crippen LogP contribution in [0.15, 0.2) is 0 Å². The molecule has 1 heterocycles. The highest BCUT2D eigenvalue weighted by Crippen LogP contribution is 2.15. The maximum atomic E-state index is 10.7. The number of Topliss-reactive ketones (excluding diaryl/α,β-unsaturated/α-hetero) is 1. The summed E-state index contributed by atoms with van der Waals surface area (Å²) >= 11 is 4.91. The van der Waals surface area contributed by atoms with Crippen LogP contribution in [0.1, 0.15) is 19.8 Å². The van der Waals surface area contributed by atoms with Crippen LogP contribution in [-0.2, 0) is 17.6 Å². The fourth-order valence-electron chi connectivity index (χ4n) is 1.15. The van der Waals surface area contributed by atoms with E-state index in [1.807, 2.05) is 0 Å². The highest BCUT2D eigenvalue weighted by molar-refractivity contribution is 7.56. The SMILES string of the molecule is CC(=O)C1CCCN1[S-]. The van der Waals surface area contributed by atoms with Crippen molar-refractivity contribution in [2.75, 3.05) is 6.54 Å². The molecule has 0 aromatic rings. The van der Waals surface area contributed by atoms with Gasteiger partial charge in [0.25, 0.3) is 0 Å². The van der Waals surface area contributed by atoms with Crippen molar-refractivity contribution in [3.63, 3.8) is 0 Å². The topological polar surface area (TPSA) is 20.3 Å². The van der Waals surface area contributed by atoms with Gasteiger partial charge < -0.3 is 17.1 Å². The van der Waals surface area contributed by atoms with Gasteiger partial charge in [-0.25, -0.2) is 0 Å². The standard InChI is InChI=1S/C6H10NOS/c1-5(8)6-3-2-4-7(6)9/h6H,2-4H2,1H3/q-1. The van der Waals surface area contributed by atoms with Crippen LogP contribution in [-0.4, -0.2) is 22.7 Å². The van der Waals surface area contributed by atoms with E-state index in [9.17, 15) is 4.79 Å². The molecule has 0 amide bonds. The molecule has 0 N–H and O–H groups in total. The van der Waals surface area contributed by atoms with E-state index in [-0.39, 0.29) is 11.8 Å². The Kier molecular flexibility index (Phi) is 2.13. The van der Waals surface area contributed by atoms with Crippen molar-refractivity contribution in [2.24, 2.45) is 0 Å². The largest absolute Gasteiger partial charge is 0.701 e. The lowest BCUT2D eigenvalue weighted by atomic mass is 10.2. The number of nitrogens with zero attached hydrogens (tertiary/aromatic N) is 1. The second-order valence-electron chi connectivity index (χ2n) is 2.41. The molecule has 0 bridgehead atoms. The third-order valence-electron chi connectivity index (χ3n) is 1.67. The summed E-state index contributed by atoms with van der Waals surface area (Å²) in [5.74, 6) is 0.211. The summed E-state index contributed by atoms with van der Waals surface area (Å²) in [4.78, 5) is 10.7. The summed E-state index contributed by atoms with van der Waals surface area (Å²) in [6.07, 6.45) is 2.03. The molecule has 0 spiro atoms. The average molecular weight is 144 g/mol. The van der Waals surface area contributed by atoms with Gasteiger partial charge in [0.15, 0.2) is 0 Å². The van der Waals surface area contributed by atoms with Crippen molar-refractivity contribution in [3.8, 4) is 0 Å². The zero-order chi connectivity index (χ0) is 6.85. The van der Waals surface area contributed by atoms with Crippen molar-refractivity contribution in [1.82, 2.24) is 4.31 Å². The van der Waals surface area contributed by atoms with Crippen molar-refractivity contribution in [2.45, 2.75) is 25.8 Å². The second kappa shape index (κ2) is 2.71. The van der Waals surface area contributed by atoms with Gasteiger partial charge in [0.05, 0.1) is 0 Å². The monoisotopic (exact) mass is 144 g/mol. The molecular weight excluding hydrogens is 134 g/mol. The van der Waals surface area contributed by atoms with Crippen LogP contribution in [0.4, 0.5) is 0 Å². The number of rotatable bonds is 1. The third-order valence-corrected chi connectivity index (χ3v) is 2.11. The smallest absolute Gasteiger partial charge is 0.145 e. The lowest BCUT2D eigenvalue weighted by Crippen LogP contribution is -2.29. The zero-order valence-electron chi connectivity index (χ0n) is 5.46. The minimum atomic E-state index is 0.0417. The quantitative estimate of drug-likeness (QED) is 0.500. The fourth-order valence-corrected chi connectivity index (χ4v) is 1.53. The first-order valence-electron chi connectivity index (χ1n) is 3.16. The number of carbonyl (C=O) groups is 1. The van der Waals surface area contributed by atoms with Gasteiger partial charge in [0.1, 0.15) is 5.78 Å². The molecule has 1 unspecified atom stereocenters. The van der Waals surface area contributed by atoms with Crippen molar-refractivity contribution < 1.29 is 4.79 Å². The Hall–Kier alpha value is -0.0200. The van der Waals surface area contributed by atoms with E-state index in [0.29, 0.717) is 0 Å². The summed E-state index contributed by atoms with van der Waals surface area (Å²) in [6.45, 7) is 2.51. The lowest BCUT2D eigenvalue weighted by Gasteiger charge is -2.28. The Labute approximate surface area is 60.8 Å². The average Bonchev–Trinajstić information content (AvgIpc) is 2.13. The molecule has 0 aliphatic carbocycles. The lowest BCUT2D eigenvalue weighted by molar-refractivity contribution is -0.119. The second-order valence-corrected chi connectivity index (χ2v) is 2.88. The highest BCUT2D eigenvalue weighted by atomic mass is 32.1. The number of hydrogen-bond donors (Lipinski definition) is 0. The summed E-state index contributed by atoms with van der Waals surface area (Å²) < 4.78 is 1.71. The first-order chi connectivity index (χ1) is 4.22. The minimum Gasteiger partial charge on any atom is -0.701 e. The Balaban J connectivity index is 2.49. The summed E-state index contributed by atoms with van der Waals surface area (Å²) in [6, 6.07) is 0.0417. The molecule has 1 saturated heterocycles. The van der Waals surface area contributed by atoms with E-state index in [2.05, 4.69) is 0 Å². The van der Waals surface area contributed by atoms with Gasteiger partial charge in [0, 0.05) is 6.04 Å². The molecule has 1 aliphatic heterocycles. The van der Waals surface area contributed by atoms with Gasteiger partial charge in [-0.2, -0.15) is 0 Å². The summed E-state index contributed by atoms with van der Waals surface area (Å²) in [5.41, 5.74) is 0. The number of hydrogen-bond acceptors (Lipinski definition) is 3. The molecule has 0 aromatic heterocycles. The molecule has 1 fully saturated rings. The van der Waals surface area contributed by atoms with Gasteiger partial charge in [-0.15, -0.1) is 0 Å². The highest BCUT2D eigenvalue weighted by Gasteiger charge is 2.19. The summed E-state index contributed by atoms with van der Waals surface area (Å²) in [5, 5.41) is 0. The molecule has 0 radical (unpaired) electrons. The maximum Gasteiger partial charge on any atom is 0.145 e. The number of carbonyl (C=O) groups excluding carboxylic acids is 1. The van der Waals surface area contributed by atoms with E-state index in [1.165, 1.54) is 0 Å². The third kappa shape index (κ3) is 1.46. The predicted octanol–water partition coefficient (Wildman–Crippen LogP) is 0.502. The van der Waals surface area contributed by atoms with Crippen LogP contribution in [0.2, 0.25) is 0 Å². The van der Waals surface area contributed by atoms with E-state index >= 15 is 0 Å². The first-order valence-corrected chi connectivity index (χ1v) is 3.52. The van der Waals surface area contributed by atoms with E-state index in [0.717, 1.165) is 19.4 Å². The molecule has 1 rings (SSSR count). The molecule has 1 atom stereocenters. The van der Waals surface area contributed by atoms with E-state index in [1.54, 1.807) is 11.2 Å². The minimum absolute atomic E-state index is 0.0417. The number of ketones is 1. The molecule has 1 aliphatic rings. The summed E-state index contributed by atoms with van der Waals surface area (Å²) in [7, 11) is 0. The molecule has 2 nitrogen and oxygen atoms in total. The van der Waals surface area contributed by atoms with Gasteiger partial charge in [-0.3, -0.25) is 4.79 Å². The molecular formula is C6H10NOS-. The molecule has 9 heavy (non-hydrogen) atoms. The fraction of sp³-hybridized carbons (Fsp3) is 0.833. The van der Waals surface area contributed by atoms with Gasteiger partial charge >= 0.3 is 0 Å². The van der Waals surface area contributed by atoms with Crippen LogP contribution in [0, 0.1) is 0 Å². The van der Waals surface area contributed by atoms with Crippen molar-refractivity contribution >= 4 is 18.6 Å². The van der Waals surface area contributed by atoms with Gasteiger partial charge in [-0.05, 0) is 26.3 Å². The van der Waals surface area contributed by atoms with Gasteiger partial charge in [0.2, 0.25) is 0 Å². The molecule has 0 aromatic carbocycles. The Morgan fingerprint density at radius 1 is 1.78 bits per heavy atom. The molecule has 3 heteroatoms. The first kappa shape index (κ1) is 7.09. The van der Waals surface area contributed by atoms with Crippen LogP contribution < -0.4 is 0 Å². The zero-order valence-corrected chi connectivity index (χ0v) is 6.28. The van der Waals surface area contributed by atoms with Crippen LogP contribution in [0.3, 0.4) is 0 Å². The molecule has 52 valence electrons. The Morgan fingerprint density at radius 2 is 2.44 bits per heavy atom. The Bertz CT molecular complexity index is 126. The van der Waals surface area contributed by atoms with Gasteiger partial charge in [-0.1, -0.05) is 0 Å².